The zero-order chi connectivity index (χ0) is 24.7. The van der Waals surface area contributed by atoms with E-state index in [9.17, 15) is 4.79 Å². The van der Waals surface area contributed by atoms with Crippen LogP contribution in [0.3, 0.4) is 0 Å². The highest BCUT2D eigenvalue weighted by atomic mass is 16.5. The van der Waals surface area contributed by atoms with Gasteiger partial charge in [-0.05, 0) is 80.5 Å². The van der Waals surface area contributed by atoms with E-state index < -0.39 is 0 Å². The molecule has 0 aromatic heterocycles. The maximum Gasteiger partial charge on any atom is 0.314 e. The molecule has 2 fully saturated rings. The normalized spacial score (nSPS) is 24.7. The summed E-state index contributed by atoms with van der Waals surface area (Å²) in [4.78, 5) is 12.7. The maximum atomic E-state index is 12.7. The van der Waals surface area contributed by atoms with Gasteiger partial charge in [-0.25, -0.2) is 0 Å². The van der Waals surface area contributed by atoms with E-state index in [1.165, 1.54) is 96.3 Å². The topological polar surface area (TPSA) is 35.5 Å². The first-order valence-electron chi connectivity index (χ1n) is 15.1. The summed E-state index contributed by atoms with van der Waals surface area (Å²) < 4.78 is 11.7. The third kappa shape index (κ3) is 10.6. The summed E-state index contributed by atoms with van der Waals surface area (Å²) in [5, 5.41) is 0. The highest BCUT2D eigenvalue weighted by Gasteiger charge is 2.27. The van der Waals surface area contributed by atoms with Crippen LogP contribution < -0.4 is 9.47 Å². The Kier molecular flexibility index (Phi) is 13.1. The van der Waals surface area contributed by atoms with E-state index in [1.807, 2.05) is 24.3 Å². The van der Waals surface area contributed by atoms with Gasteiger partial charge in [-0.15, -0.1) is 0 Å². The van der Waals surface area contributed by atoms with Crippen molar-refractivity contribution in [3.63, 3.8) is 0 Å². The third-order valence-corrected chi connectivity index (χ3v) is 8.63. The first-order valence-corrected chi connectivity index (χ1v) is 15.1. The van der Waals surface area contributed by atoms with Crippen LogP contribution in [0.15, 0.2) is 24.3 Å². The molecule has 0 saturated heterocycles. The van der Waals surface area contributed by atoms with E-state index in [0.29, 0.717) is 5.75 Å². The van der Waals surface area contributed by atoms with Gasteiger partial charge >= 0.3 is 5.97 Å². The summed E-state index contributed by atoms with van der Waals surface area (Å²) in [7, 11) is 0. The summed E-state index contributed by atoms with van der Waals surface area (Å²) in [6.07, 6.45) is 23.3. The van der Waals surface area contributed by atoms with E-state index >= 15 is 0 Å². The van der Waals surface area contributed by atoms with E-state index in [-0.39, 0.29) is 11.9 Å². The lowest BCUT2D eigenvalue weighted by Crippen LogP contribution is -2.25. The molecule has 1 aromatic carbocycles. The van der Waals surface area contributed by atoms with Crippen molar-refractivity contribution in [2.45, 2.75) is 129 Å². The molecule has 0 radical (unpaired) electrons. The standard InChI is InChI=1S/C32H52O3/c1-3-5-6-7-8-11-27-17-19-29(20-18-27)32(33)35-31-23-21-30(22-24-31)34-25-9-12-28-15-13-26(10-4-2)14-16-28/h21-24,26-29H,3-20,25H2,1-2H3. The minimum absolute atomic E-state index is 0.0475. The Labute approximate surface area is 215 Å². The minimum atomic E-state index is -0.0475. The van der Waals surface area contributed by atoms with Gasteiger partial charge in [0.15, 0.2) is 0 Å². The summed E-state index contributed by atoms with van der Waals surface area (Å²) in [5.41, 5.74) is 0. The first kappa shape index (κ1) is 28.1. The molecular formula is C32H52O3. The van der Waals surface area contributed by atoms with E-state index in [2.05, 4.69) is 13.8 Å². The van der Waals surface area contributed by atoms with Gasteiger partial charge in [0.25, 0.3) is 0 Å². The van der Waals surface area contributed by atoms with Crippen molar-refractivity contribution in [2.24, 2.45) is 23.7 Å². The Bertz CT molecular complexity index is 681. The number of hydrogen-bond donors (Lipinski definition) is 0. The molecule has 0 bridgehead atoms. The molecule has 0 spiro atoms. The molecule has 0 unspecified atom stereocenters. The number of rotatable bonds is 15. The highest BCUT2D eigenvalue weighted by Crippen LogP contribution is 2.34. The molecule has 0 heterocycles. The zero-order valence-electron chi connectivity index (χ0n) is 22.8. The Balaban J connectivity index is 1.26. The largest absolute Gasteiger partial charge is 0.494 e. The van der Waals surface area contributed by atoms with Gasteiger partial charge in [0.2, 0.25) is 0 Å². The molecule has 0 amide bonds. The molecule has 35 heavy (non-hydrogen) atoms. The number of hydrogen-bond acceptors (Lipinski definition) is 3. The van der Waals surface area contributed by atoms with Crippen LogP contribution in [0.25, 0.3) is 0 Å². The van der Waals surface area contributed by atoms with Gasteiger partial charge in [0, 0.05) is 0 Å². The third-order valence-electron chi connectivity index (χ3n) is 8.63. The van der Waals surface area contributed by atoms with Gasteiger partial charge in [0.05, 0.1) is 12.5 Å². The second-order valence-electron chi connectivity index (χ2n) is 11.5. The number of ether oxygens (including phenoxy) is 2. The predicted octanol–water partition coefficient (Wildman–Crippen LogP) is 9.52. The Morgan fingerprint density at radius 1 is 0.657 bits per heavy atom. The fraction of sp³-hybridized carbons (Fsp3) is 0.781. The summed E-state index contributed by atoms with van der Waals surface area (Å²) in [6, 6.07) is 7.64. The quantitative estimate of drug-likeness (QED) is 0.141. The lowest BCUT2D eigenvalue weighted by atomic mass is 9.78. The number of carbonyl (C=O) groups excluding carboxylic acids is 1. The maximum absolute atomic E-state index is 12.7. The van der Waals surface area contributed by atoms with Crippen LogP contribution in [0.2, 0.25) is 0 Å². The Hall–Kier alpha value is -1.51. The summed E-state index contributed by atoms with van der Waals surface area (Å²) in [6.45, 7) is 5.35. The molecule has 1 aromatic rings. The molecule has 3 nitrogen and oxygen atoms in total. The van der Waals surface area contributed by atoms with Crippen molar-refractivity contribution in [3.8, 4) is 11.5 Å². The van der Waals surface area contributed by atoms with Crippen LogP contribution in [0, 0.1) is 23.7 Å². The molecule has 0 aliphatic heterocycles. The smallest absolute Gasteiger partial charge is 0.314 e. The molecular weight excluding hydrogens is 432 g/mol. The molecule has 3 rings (SSSR count). The van der Waals surface area contributed by atoms with Crippen molar-refractivity contribution >= 4 is 5.97 Å². The average molecular weight is 485 g/mol. The predicted molar refractivity (Wildman–Crippen MR) is 146 cm³/mol. The van der Waals surface area contributed by atoms with Gasteiger partial charge in [-0.2, -0.15) is 0 Å². The van der Waals surface area contributed by atoms with E-state index in [4.69, 9.17) is 9.47 Å². The lowest BCUT2D eigenvalue weighted by molar-refractivity contribution is -0.140. The Morgan fingerprint density at radius 3 is 1.83 bits per heavy atom. The molecule has 0 N–H and O–H groups in total. The zero-order valence-corrected chi connectivity index (χ0v) is 22.8. The van der Waals surface area contributed by atoms with E-state index in [1.54, 1.807) is 0 Å². The molecule has 2 aliphatic rings. The van der Waals surface area contributed by atoms with Crippen LogP contribution in [0.5, 0.6) is 11.5 Å². The van der Waals surface area contributed by atoms with Crippen molar-refractivity contribution in [1.82, 2.24) is 0 Å². The number of unbranched alkanes of at least 4 members (excludes halogenated alkanes) is 4. The molecule has 198 valence electrons. The second-order valence-corrected chi connectivity index (χ2v) is 11.5. The Morgan fingerprint density at radius 2 is 1.20 bits per heavy atom. The van der Waals surface area contributed by atoms with Gasteiger partial charge in [-0.3, -0.25) is 4.79 Å². The fourth-order valence-electron chi connectivity index (χ4n) is 6.31. The van der Waals surface area contributed by atoms with Crippen LogP contribution in [0.4, 0.5) is 0 Å². The van der Waals surface area contributed by atoms with Crippen molar-refractivity contribution in [2.75, 3.05) is 6.61 Å². The SMILES string of the molecule is CCCCCCCC1CCC(C(=O)Oc2ccc(OCCCC3CCC(CCC)CC3)cc2)CC1. The molecule has 2 aliphatic carbocycles. The van der Waals surface area contributed by atoms with Crippen LogP contribution in [-0.2, 0) is 4.79 Å². The highest BCUT2D eigenvalue weighted by molar-refractivity contribution is 5.75. The average Bonchev–Trinajstić information content (AvgIpc) is 2.89. The van der Waals surface area contributed by atoms with Crippen LogP contribution in [0.1, 0.15) is 129 Å². The van der Waals surface area contributed by atoms with Crippen molar-refractivity contribution in [3.05, 3.63) is 24.3 Å². The van der Waals surface area contributed by atoms with Crippen molar-refractivity contribution < 1.29 is 14.3 Å². The van der Waals surface area contributed by atoms with Crippen molar-refractivity contribution in [1.29, 1.82) is 0 Å². The van der Waals surface area contributed by atoms with Gasteiger partial charge in [-0.1, -0.05) is 90.9 Å². The minimum Gasteiger partial charge on any atom is -0.494 e. The molecule has 2 saturated carbocycles. The van der Waals surface area contributed by atoms with Crippen LogP contribution in [-0.4, -0.2) is 12.6 Å². The molecule has 3 heteroatoms. The number of benzene rings is 1. The summed E-state index contributed by atoms with van der Waals surface area (Å²) >= 11 is 0. The summed E-state index contributed by atoms with van der Waals surface area (Å²) in [5.74, 6) is 4.23. The van der Waals surface area contributed by atoms with Gasteiger partial charge in [0.1, 0.15) is 11.5 Å². The van der Waals surface area contributed by atoms with Gasteiger partial charge < -0.3 is 9.47 Å². The molecule has 0 atom stereocenters. The fourth-order valence-corrected chi connectivity index (χ4v) is 6.31. The van der Waals surface area contributed by atoms with E-state index in [0.717, 1.165) is 49.4 Å². The lowest BCUT2D eigenvalue weighted by Gasteiger charge is -2.28. The first-order chi connectivity index (χ1) is 17.2. The number of carbonyl (C=O) groups is 1. The van der Waals surface area contributed by atoms with Crippen LogP contribution >= 0.6 is 0 Å². The monoisotopic (exact) mass is 484 g/mol. The second kappa shape index (κ2) is 16.3. The number of esters is 1.